The van der Waals surface area contributed by atoms with Crippen LogP contribution in [0.2, 0.25) is 0 Å². The van der Waals surface area contributed by atoms with E-state index in [4.69, 9.17) is 0 Å². The lowest BCUT2D eigenvalue weighted by Gasteiger charge is -2.52. The Bertz CT molecular complexity index is 2770. The van der Waals surface area contributed by atoms with Crippen LogP contribution in [0.5, 0.6) is 0 Å². The van der Waals surface area contributed by atoms with Gasteiger partial charge >= 0.3 is 6.85 Å². The topological polar surface area (TPSA) is 8.17 Å². The van der Waals surface area contributed by atoms with Gasteiger partial charge in [-0.1, -0.05) is 127 Å². The molecule has 0 radical (unpaired) electrons. The third-order valence-electron chi connectivity index (χ3n) is 14.6. The van der Waals surface area contributed by atoms with Crippen molar-refractivity contribution in [1.82, 2.24) is 4.48 Å². The molecule has 1 fully saturated rings. The van der Waals surface area contributed by atoms with E-state index in [1.165, 1.54) is 118 Å². The van der Waals surface area contributed by atoms with Gasteiger partial charge in [0.2, 0.25) is 0 Å². The fraction of sp³-hybridized carbons (Fsp3) is 0.319. The number of aromatic nitrogens is 1. The highest BCUT2D eigenvalue weighted by atomic mass is 32.1. The Kier molecular flexibility index (Phi) is 5.08. The molecule has 51 heavy (non-hydrogen) atoms. The van der Waals surface area contributed by atoms with Gasteiger partial charge in [-0.3, -0.25) is 0 Å². The van der Waals surface area contributed by atoms with Gasteiger partial charge in [-0.15, -0.1) is 11.3 Å². The van der Waals surface area contributed by atoms with Gasteiger partial charge in [0.1, 0.15) is 0 Å². The molecule has 2 atom stereocenters. The molecule has 2 aliphatic carbocycles. The van der Waals surface area contributed by atoms with E-state index in [9.17, 15) is 0 Å². The van der Waals surface area contributed by atoms with E-state index in [-0.39, 0.29) is 28.6 Å². The largest absolute Gasteiger partial charge is 0.375 e. The van der Waals surface area contributed by atoms with Crippen molar-refractivity contribution in [2.45, 2.75) is 95.9 Å². The van der Waals surface area contributed by atoms with Crippen LogP contribution in [0.3, 0.4) is 0 Å². The number of thiophene rings is 1. The maximum atomic E-state index is 2.91. The summed E-state index contributed by atoms with van der Waals surface area (Å²) in [5, 5.41) is 4.27. The van der Waals surface area contributed by atoms with Gasteiger partial charge in [0.15, 0.2) is 0 Å². The van der Waals surface area contributed by atoms with Gasteiger partial charge in [0.25, 0.3) is 0 Å². The molecule has 3 aliphatic heterocycles. The number of anilines is 2. The maximum absolute atomic E-state index is 2.91. The van der Waals surface area contributed by atoms with Gasteiger partial charge in [-0.25, -0.2) is 0 Å². The van der Waals surface area contributed by atoms with E-state index in [0.29, 0.717) is 0 Å². The zero-order chi connectivity index (χ0) is 34.6. The minimum Gasteiger partial charge on any atom is -0.375 e. The summed E-state index contributed by atoms with van der Waals surface area (Å²) in [6, 6.07) is 33.6. The van der Waals surface area contributed by atoms with Crippen LogP contribution in [0.4, 0.5) is 11.4 Å². The van der Waals surface area contributed by atoms with Crippen molar-refractivity contribution >= 4 is 71.6 Å². The highest BCUT2D eigenvalue weighted by Crippen LogP contribution is 2.64. The smallest absolute Gasteiger partial charge is 0.333 e. The SMILES string of the molecule is CC(C)(C)c1cc2c3c(c1)C1(C)CCCCC1(C)N3c1cc3sc4ccccc4c3c3c1B2n1c2c(c4cccc-3c41)C(C)(C)c1ccccc1-2. The third-order valence-corrected chi connectivity index (χ3v) is 15.7. The molecule has 5 aliphatic rings. The number of nitrogens with zero attached hydrogens (tertiary/aromatic N) is 2. The highest BCUT2D eigenvalue weighted by Gasteiger charge is 2.62. The number of rotatable bonds is 0. The summed E-state index contributed by atoms with van der Waals surface area (Å²) in [7, 11) is 0. The summed E-state index contributed by atoms with van der Waals surface area (Å²) in [6.07, 6.45) is 5.04. The van der Waals surface area contributed by atoms with Crippen molar-refractivity contribution < 1.29 is 0 Å². The second kappa shape index (κ2) is 8.84. The lowest BCUT2D eigenvalue weighted by atomic mass is 9.44. The van der Waals surface area contributed by atoms with Crippen LogP contribution >= 0.6 is 11.3 Å². The van der Waals surface area contributed by atoms with Crippen molar-refractivity contribution in [1.29, 1.82) is 0 Å². The average molecular weight is 679 g/mol. The zero-order valence-electron chi connectivity index (χ0n) is 30.8. The second-order valence-electron chi connectivity index (χ2n) is 18.4. The highest BCUT2D eigenvalue weighted by molar-refractivity contribution is 7.26. The molecule has 2 nitrogen and oxygen atoms in total. The van der Waals surface area contributed by atoms with Crippen LogP contribution in [0, 0.1) is 0 Å². The molecule has 5 heterocycles. The third kappa shape index (κ3) is 3.11. The minimum atomic E-state index is -0.0936. The summed E-state index contributed by atoms with van der Waals surface area (Å²) >= 11 is 1.99. The Balaban J connectivity index is 1.35. The van der Waals surface area contributed by atoms with E-state index in [2.05, 4.69) is 143 Å². The number of hydrogen-bond acceptors (Lipinski definition) is 2. The van der Waals surface area contributed by atoms with Gasteiger partial charge in [0.05, 0.1) is 5.54 Å². The van der Waals surface area contributed by atoms with E-state index in [0.717, 1.165) is 0 Å². The van der Waals surface area contributed by atoms with Gasteiger partial charge < -0.3 is 9.38 Å². The van der Waals surface area contributed by atoms with Crippen molar-refractivity contribution in [3.63, 3.8) is 0 Å². The number of hydrogen-bond donors (Lipinski definition) is 0. The quantitative estimate of drug-likeness (QED) is 0.145. The summed E-state index contributed by atoms with van der Waals surface area (Å²) in [5.74, 6) is 0. The molecule has 1 saturated carbocycles. The van der Waals surface area contributed by atoms with E-state index in [1.54, 1.807) is 5.56 Å². The van der Waals surface area contributed by atoms with Crippen LogP contribution < -0.4 is 15.8 Å². The first-order chi connectivity index (χ1) is 24.4. The van der Waals surface area contributed by atoms with Crippen LogP contribution in [-0.4, -0.2) is 16.9 Å². The Morgan fingerprint density at radius 1 is 0.745 bits per heavy atom. The molecular formula is C47H43BN2S. The molecule has 5 aromatic carbocycles. The molecule has 2 aromatic heterocycles. The molecule has 250 valence electrons. The van der Waals surface area contributed by atoms with Crippen LogP contribution in [0.25, 0.3) is 53.5 Å². The van der Waals surface area contributed by atoms with E-state index < -0.39 is 0 Å². The van der Waals surface area contributed by atoms with Crippen molar-refractivity contribution in [3.05, 3.63) is 107 Å². The van der Waals surface area contributed by atoms with Crippen LogP contribution in [-0.2, 0) is 16.2 Å². The average Bonchev–Trinajstić information content (AvgIpc) is 3.78. The molecular weight excluding hydrogens is 635 g/mol. The molecule has 0 bridgehead atoms. The Hall–Kier alpha value is -4.28. The Labute approximate surface area is 305 Å². The van der Waals surface area contributed by atoms with Gasteiger partial charge in [-0.05, 0) is 76.1 Å². The molecule has 7 aromatic rings. The van der Waals surface area contributed by atoms with Gasteiger partial charge in [0, 0.05) is 70.1 Å². The minimum absolute atomic E-state index is 0.00144. The maximum Gasteiger partial charge on any atom is 0.333 e. The van der Waals surface area contributed by atoms with Crippen molar-refractivity contribution in [2.75, 3.05) is 4.90 Å². The number of para-hydroxylation sites is 1. The molecule has 0 amide bonds. The molecule has 12 rings (SSSR count). The normalized spacial score (nSPS) is 23.1. The molecule has 0 N–H and O–H groups in total. The molecule has 4 heteroatoms. The van der Waals surface area contributed by atoms with E-state index >= 15 is 0 Å². The van der Waals surface area contributed by atoms with Crippen molar-refractivity contribution in [3.8, 4) is 22.4 Å². The number of benzene rings is 5. The monoisotopic (exact) mass is 678 g/mol. The Morgan fingerprint density at radius 2 is 1.49 bits per heavy atom. The number of fused-ring (bicyclic) bond motifs is 16. The lowest BCUT2D eigenvalue weighted by Crippen LogP contribution is -2.62. The summed E-state index contributed by atoms with van der Waals surface area (Å²) < 4.78 is 5.66. The first kappa shape index (κ1) is 29.3. The fourth-order valence-electron chi connectivity index (χ4n) is 12.0. The van der Waals surface area contributed by atoms with Crippen LogP contribution in [0.1, 0.15) is 96.4 Å². The first-order valence-corrected chi connectivity index (χ1v) is 20.0. The van der Waals surface area contributed by atoms with Gasteiger partial charge in [-0.2, -0.15) is 0 Å². The second-order valence-corrected chi connectivity index (χ2v) is 19.5. The summed E-state index contributed by atoms with van der Waals surface area (Å²) in [5.41, 5.74) is 19.2. The van der Waals surface area contributed by atoms with Crippen molar-refractivity contribution in [2.24, 2.45) is 0 Å². The summed E-state index contributed by atoms with van der Waals surface area (Å²) in [6.45, 7) is 17.5. The first-order valence-electron chi connectivity index (χ1n) is 19.2. The predicted octanol–water partition coefficient (Wildman–Crippen LogP) is 11.3. The van der Waals surface area contributed by atoms with Crippen LogP contribution in [0.15, 0.2) is 84.9 Å². The summed E-state index contributed by atoms with van der Waals surface area (Å²) in [4.78, 5) is 2.91. The predicted molar refractivity (Wildman–Crippen MR) is 220 cm³/mol. The molecule has 2 unspecified atom stereocenters. The standard InChI is InChI=1S/C47H43BN2S/c1-44(2,3)26-23-32-43-33(24-26)48-40-34(49(43)47(7)22-13-12-21-46(32,47)6)25-36-37(28-16-9-11-20-35(28)51-36)38(40)29-17-14-18-30-39-42(50(48)41(29)30)27-15-8-10-19-31(27)45(39,4)5/h8-11,14-20,23-25H,12-13,21-22H2,1-7H3. The fourth-order valence-corrected chi connectivity index (χ4v) is 13.2. The lowest BCUT2D eigenvalue weighted by molar-refractivity contribution is 0.195. The molecule has 0 saturated heterocycles. The van der Waals surface area contributed by atoms with E-state index in [1.807, 2.05) is 11.3 Å². The zero-order valence-corrected chi connectivity index (χ0v) is 31.6. The Morgan fingerprint density at radius 3 is 2.33 bits per heavy atom. The molecule has 0 spiro atoms.